The monoisotopic (exact) mass is 326 g/mol. The van der Waals surface area contributed by atoms with Gasteiger partial charge in [0, 0.05) is 18.9 Å². The van der Waals surface area contributed by atoms with Gasteiger partial charge in [0.1, 0.15) is 5.15 Å². The minimum absolute atomic E-state index is 0.210. The second-order valence-corrected chi connectivity index (χ2v) is 5.33. The maximum atomic E-state index is 12.0. The van der Waals surface area contributed by atoms with Crippen LogP contribution in [0, 0.1) is 0 Å². The van der Waals surface area contributed by atoms with Gasteiger partial charge >= 0.3 is 0 Å². The van der Waals surface area contributed by atoms with Crippen LogP contribution in [0.2, 0.25) is 5.15 Å². The molecule has 6 heteroatoms. The number of hydrogen-bond donors (Lipinski definition) is 1. The molecule has 0 bridgehead atoms. The Morgan fingerprint density at radius 3 is 2.78 bits per heavy atom. The molecule has 0 unspecified atom stereocenters. The van der Waals surface area contributed by atoms with Crippen molar-refractivity contribution in [3.8, 4) is 5.69 Å². The maximum absolute atomic E-state index is 12.0. The van der Waals surface area contributed by atoms with E-state index in [9.17, 15) is 4.79 Å². The van der Waals surface area contributed by atoms with Gasteiger partial charge in [0.2, 0.25) is 0 Å². The first-order valence-corrected chi connectivity index (χ1v) is 7.59. The molecule has 1 amide bonds. The van der Waals surface area contributed by atoms with E-state index in [-0.39, 0.29) is 11.1 Å². The summed E-state index contributed by atoms with van der Waals surface area (Å²) in [5.41, 5.74) is 2.44. The Bertz CT molecular complexity index is 801. The second-order valence-electron chi connectivity index (χ2n) is 4.98. The number of nitrogens with one attached hydrogen (secondary N) is 1. The zero-order valence-corrected chi connectivity index (χ0v) is 13.1. The van der Waals surface area contributed by atoms with Crippen LogP contribution in [0.15, 0.2) is 61.1 Å². The number of nitrogens with zero attached hydrogens (tertiary/aromatic N) is 3. The number of carbonyl (C=O) groups excluding carboxylic acids is 1. The molecule has 0 radical (unpaired) electrons. The lowest BCUT2D eigenvalue weighted by Crippen LogP contribution is -2.26. The van der Waals surface area contributed by atoms with Crippen molar-refractivity contribution in [3.63, 3.8) is 0 Å². The van der Waals surface area contributed by atoms with Crippen LogP contribution in [0.1, 0.15) is 15.9 Å². The third-order valence-electron chi connectivity index (χ3n) is 3.36. The smallest absolute Gasteiger partial charge is 0.254 e. The van der Waals surface area contributed by atoms with Gasteiger partial charge in [0.25, 0.3) is 5.91 Å². The van der Waals surface area contributed by atoms with Gasteiger partial charge < -0.3 is 5.32 Å². The molecule has 23 heavy (non-hydrogen) atoms. The number of carbonyl (C=O) groups is 1. The highest BCUT2D eigenvalue weighted by molar-refractivity contribution is 6.32. The molecule has 5 nitrogen and oxygen atoms in total. The molecule has 3 aromatic rings. The first-order valence-electron chi connectivity index (χ1n) is 7.22. The number of pyridine rings is 1. The Hall–Kier alpha value is -2.66. The number of hydrogen-bond acceptors (Lipinski definition) is 3. The number of aromatic nitrogens is 3. The zero-order valence-electron chi connectivity index (χ0n) is 12.3. The number of halogens is 1. The molecule has 0 fully saturated rings. The van der Waals surface area contributed by atoms with Gasteiger partial charge in [0.15, 0.2) is 0 Å². The number of rotatable bonds is 5. The average molecular weight is 327 g/mol. The first kappa shape index (κ1) is 15.2. The Morgan fingerprint density at radius 2 is 2.00 bits per heavy atom. The molecule has 3 rings (SSSR count). The highest BCUT2D eigenvalue weighted by atomic mass is 35.5. The largest absolute Gasteiger partial charge is 0.352 e. The molecule has 2 heterocycles. The van der Waals surface area contributed by atoms with E-state index in [0.717, 1.165) is 11.3 Å². The van der Waals surface area contributed by atoms with Crippen LogP contribution in [-0.4, -0.2) is 27.2 Å². The SMILES string of the molecule is O=C(NCCc1cnn(-c2ccccc2)c1)c1cccnc1Cl. The van der Waals surface area contributed by atoms with E-state index < -0.39 is 0 Å². The standard InChI is InChI=1S/C17H15ClN4O/c18-16-15(7-4-9-19-16)17(23)20-10-8-13-11-21-22(12-13)14-5-2-1-3-6-14/h1-7,9,11-12H,8,10H2,(H,20,23). The number of benzene rings is 1. The van der Waals surface area contributed by atoms with Crippen molar-refractivity contribution in [2.75, 3.05) is 6.54 Å². The Balaban J connectivity index is 1.56. The van der Waals surface area contributed by atoms with Crippen molar-refractivity contribution < 1.29 is 4.79 Å². The van der Waals surface area contributed by atoms with Crippen LogP contribution >= 0.6 is 11.6 Å². The molecule has 116 valence electrons. The number of para-hydroxylation sites is 1. The average Bonchev–Trinajstić information content (AvgIpc) is 3.05. The highest BCUT2D eigenvalue weighted by Gasteiger charge is 2.10. The lowest BCUT2D eigenvalue weighted by atomic mass is 10.2. The van der Waals surface area contributed by atoms with E-state index in [1.54, 1.807) is 24.5 Å². The third-order valence-corrected chi connectivity index (χ3v) is 3.66. The molecule has 1 N–H and O–H groups in total. The molecule has 0 atom stereocenters. The molecule has 2 aromatic heterocycles. The zero-order chi connectivity index (χ0) is 16.1. The Kier molecular flexibility index (Phi) is 4.68. The predicted octanol–water partition coefficient (Wildman–Crippen LogP) is 2.89. The molecule has 0 saturated carbocycles. The Labute approximate surface area is 138 Å². The summed E-state index contributed by atoms with van der Waals surface area (Å²) in [6.45, 7) is 0.505. The highest BCUT2D eigenvalue weighted by Crippen LogP contribution is 2.11. The molecular formula is C17H15ClN4O. The molecule has 0 aliphatic carbocycles. The maximum Gasteiger partial charge on any atom is 0.254 e. The summed E-state index contributed by atoms with van der Waals surface area (Å²) < 4.78 is 1.81. The molecule has 0 aliphatic heterocycles. The minimum Gasteiger partial charge on any atom is -0.352 e. The molecule has 1 aromatic carbocycles. The van der Waals surface area contributed by atoms with Crippen LogP contribution in [-0.2, 0) is 6.42 Å². The van der Waals surface area contributed by atoms with E-state index in [2.05, 4.69) is 15.4 Å². The van der Waals surface area contributed by atoms with Crippen LogP contribution in [0.4, 0.5) is 0 Å². The predicted molar refractivity (Wildman–Crippen MR) is 88.8 cm³/mol. The van der Waals surface area contributed by atoms with Crippen LogP contribution in [0.3, 0.4) is 0 Å². The minimum atomic E-state index is -0.224. The summed E-state index contributed by atoms with van der Waals surface area (Å²) in [7, 11) is 0. The van der Waals surface area contributed by atoms with Gasteiger partial charge in [-0.3, -0.25) is 4.79 Å². The summed E-state index contributed by atoms with van der Waals surface area (Å²) in [6.07, 6.45) is 6.00. The summed E-state index contributed by atoms with van der Waals surface area (Å²) >= 11 is 5.90. The lowest BCUT2D eigenvalue weighted by Gasteiger charge is -2.05. The van der Waals surface area contributed by atoms with E-state index in [1.165, 1.54) is 0 Å². The second kappa shape index (κ2) is 7.07. The van der Waals surface area contributed by atoms with Crippen molar-refractivity contribution >= 4 is 17.5 Å². The molecule has 0 spiro atoms. The van der Waals surface area contributed by atoms with E-state index in [4.69, 9.17) is 11.6 Å². The van der Waals surface area contributed by atoms with Gasteiger partial charge in [-0.1, -0.05) is 29.8 Å². The summed E-state index contributed by atoms with van der Waals surface area (Å²) in [4.78, 5) is 15.9. The van der Waals surface area contributed by atoms with Crippen molar-refractivity contribution in [2.45, 2.75) is 6.42 Å². The lowest BCUT2D eigenvalue weighted by molar-refractivity contribution is 0.0954. The van der Waals surface area contributed by atoms with Crippen molar-refractivity contribution in [1.29, 1.82) is 0 Å². The number of amides is 1. The topological polar surface area (TPSA) is 59.8 Å². The first-order chi connectivity index (χ1) is 11.2. The van der Waals surface area contributed by atoms with E-state index >= 15 is 0 Å². The van der Waals surface area contributed by atoms with Gasteiger partial charge in [-0.25, -0.2) is 9.67 Å². The van der Waals surface area contributed by atoms with Crippen molar-refractivity contribution in [3.05, 3.63) is 77.3 Å². The van der Waals surface area contributed by atoms with Crippen molar-refractivity contribution in [1.82, 2.24) is 20.1 Å². The Morgan fingerprint density at radius 1 is 1.17 bits per heavy atom. The van der Waals surface area contributed by atoms with Gasteiger partial charge in [-0.05, 0) is 36.2 Å². The molecule has 0 aliphatic rings. The quantitative estimate of drug-likeness (QED) is 0.733. The molecular weight excluding hydrogens is 312 g/mol. The third kappa shape index (κ3) is 3.76. The van der Waals surface area contributed by atoms with Gasteiger partial charge in [0.05, 0.1) is 17.4 Å². The molecule has 0 saturated heterocycles. The summed E-state index contributed by atoms with van der Waals surface area (Å²) in [6, 6.07) is 13.2. The fourth-order valence-corrected chi connectivity index (χ4v) is 2.39. The van der Waals surface area contributed by atoms with Gasteiger partial charge in [-0.2, -0.15) is 5.10 Å². The summed E-state index contributed by atoms with van der Waals surface area (Å²) in [5, 5.41) is 7.38. The van der Waals surface area contributed by atoms with Crippen molar-refractivity contribution in [2.24, 2.45) is 0 Å². The van der Waals surface area contributed by atoms with E-state index in [0.29, 0.717) is 18.5 Å². The normalized spacial score (nSPS) is 10.5. The van der Waals surface area contributed by atoms with Crippen LogP contribution < -0.4 is 5.32 Å². The fraction of sp³-hybridized carbons (Fsp3) is 0.118. The van der Waals surface area contributed by atoms with E-state index in [1.807, 2.05) is 41.2 Å². The van der Waals surface area contributed by atoms with Crippen LogP contribution in [0.25, 0.3) is 5.69 Å². The van der Waals surface area contributed by atoms with Gasteiger partial charge in [-0.15, -0.1) is 0 Å². The van der Waals surface area contributed by atoms with Crippen LogP contribution in [0.5, 0.6) is 0 Å². The summed E-state index contributed by atoms with van der Waals surface area (Å²) in [5.74, 6) is -0.224. The fourth-order valence-electron chi connectivity index (χ4n) is 2.18.